The summed E-state index contributed by atoms with van der Waals surface area (Å²) in [5.74, 6) is 1.86. The van der Waals surface area contributed by atoms with Crippen LogP contribution in [0.3, 0.4) is 0 Å². The van der Waals surface area contributed by atoms with Gasteiger partial charge in [-0.1, -0.05) is 70.6 Å². The maximum atomic E-state index is 6.92. The Hall–Kier alpha value is -2.58. The molecule has 3 aromatic carbocycles. The average Bonchev–Trinajstić information content (AvgIpc) is 2.97. The van der Waals surface area contributed by atoms with Gasteiger partial charge < -0.3 is 14.5 Å². The predicted octanol–water partition coefficient (Wildman–Crippen LogP) is 7.63. The van der Waals surface area contributed by atoms with Gasteiger partial charge in [-0.25, -0.2) is 0 Å². The van der Waals surface area contributed by atoms with Crippen LogP contribution in [0, 0.1) is 32.3 Å². The second-order valence-corrected chi connectivity index (χ2v) is 11.2. The van der Waals surface area contributed by atoms with Crippen molar-refractivity contribution in [3.63, 3.8) is 0 Å². The van der Waals surface area contributed by atoms with Crippen LogP contribution in [0.25, 0.3) is 11.1 Å². The van der Waals surface area contributed by atoms with Gasteiger partial charge in [0.1, 0.15) is 11.9 Å². The summed E-state index contributed by atoms with van der Waals surface area (Å²) in [4.78, 5) is 4.99. The molecule has 0 saturated carbocycles. The van der Waals surface area contributed by atoms with Crippen LogP contribution in [-0.4, -0.2) is 6.17 Å². The molecule has 0 aromatic heterocycles. The molecule has 0 amide bonds. The minimum Gasteiger partial charge on any atom is -0.439 e. The third-order valence-corrected chi connectivity index (χ3v) is 8.96. The first kappa shape index (κ1) is 24.1. The molecule has 1 atom stereocenters. The average molecular weight is 551 g/mol. The monoisotopic (exact) mass is 551 g/mol. The van der Waals surface area contributed by atoms with Gasteiger partial charge in [0.2, 0.25) is 5.88 Å². The van der Waals surface area contributed by atoms with Crippen LogP contribution in [0.1, 0.15) is 56.9 Å². The van der Waals surface area contributed by atoms with E-state index in [0.717, 1.165) is 17.2 Å². The van der Waals surface area contributed by atoms with Gasteiger partial charge in [-0.15, -0.1) is 11.1 Å². The maximum Gasteiger partial charge on any atom is 1.00 e. The Morgan fingerprint density at radius 3 is 2.26 bits per heavy atom. The quantitative estimate of drug-likeness (QED) is 0.211. The minimum absolute atomic E-state index is 0. The van der Waals surface area contributed by atoms with Crippen molar-refractivity contribution in [2.24, 2.45) is 5.41 Å². The molecule has 181 valence electrons. The zero-order valence-corrected chi connectivity index (χ0v) is 23.6. The molecule has 0 bridgehead atoms. The molecule has 1 radical (unpaired) electrons. The van der Waals surface area contributed by atoms with Crippen LogP contribution in [0.4, 0.5) is 11.4 Å². The van der Waals surface area contributed by atoms with Crippen LogP contribution in [-0.2, 0) is 24.9 Å². The number of para-hydroxylation sites is 1. The summed E-state index contributed by atoms with van der Waals surface area (Å²) in [6.45, 7) is 18.5. The molecule has 3 heterocycles. The zero-order valence-electron chi connectivity index (χ0n) is 21.9. The van der Waals surface area contributed by atoms with Crippen LogP contribution in [0.15, 0.2) is 60.1 Å². The molecule has 0 spiro atoms. The standard InChI is InChI=1S/C31H33N2O.Ru/c1-18-16-17-24-27(20(18)3)32-21(4)33-26-19(2)12-11-14-23(26)22-13-9-10-15-25(22)34-29(33)28(32)31(7,8)30(24,5)6;/h9-10,12-17,21H,1-8H3;/q-1;+1/t21-;/m0./s1. The Kier molecular flexibility index (Phi) is 5.32. The van der Waals surface area contributed by atoms with Gasteiger partial charge in [-0.3, -0.25) is 0 Å². The fourth-order valence-electron chi connectivity index (χ4n) is 6.20. The molecule has 6 rings (SSSR count). The number of nitrogens with zero attached hydrogens (tertiary/aromatic N) is 2. The molecule has 4 heteroatoms. The van der Waals surface area contributed by atoms with E-state index in [9.17, 15) is 0 Å². The minimum atomic E-state index is -0.158. The second kappa shape index (κ2) is 7.71. The molecule has 0 N–H and O–H groups in total. The molecule has 0 unspecified atom stereocenters. The summed E-state index contributed by atoms with van der Waals surface area (Å²) >= 11 is 0. The van der Waals surface area contributed by atoms with E-state index in [1.54, 1.807) is 0 Å². The van der Waals surface area contributed by atoms with Gasteiger partial charge in [0.25, 0.3) is 0 Å². The van der Waals surface area contributed by atoms with Crippen LogP contribution < -0.4 is 14.5 Å². The van der Waals surface area contributed by atoms with Crippen molar-refractivity contribution in [2.75, 3.05) is 9.80 Å². The van der Waals surface area contributed by atoms with E-state index in [1.807, 2.05) is 0 Å². The van der Waals surface area contributed by atoms with E-state index < -0.39 is 0 Å². The summed E-state index contributed by atoms with van der Waals surface area (Å²) in [5.41, 5.74) is 11.2. The number of hydrogen-bond donors (Lipinski definition) is 0. The Morgan fingerprint density at radius 2 is 1.51 bits per heavy atom. The van der Waals surface area contributed by atoms with E-state index in [2.05, 4.69) is 120 Å². The van der Waals surface area contributed by atoms with Crippen LogP contribution >= 0.6 is 0 Å². The Labute approximate surface area is 222 Å². The Balaban J connectivity index is 0.00000253. The van der Waals surface area contributed by atoms with Crippen LogP contribution in [0.5, 0.6) is 5.75 Å². The number of rotatable bonds is 0. The van der Waals surface area contributed by atoms with Crippen molar-refractivity contribution in [2.45, 2.75) is 67.0 Å². The van der Waals surface area contributed by atoms with E-state index >= 15 is 0 Å². The molecular formula is C31H33N2ORu. The number of anilines is 2. The second-order valence-electron chi connectivity index (χ2n) is 11.2. The first-order valence-corrected chi connectivity index (χ1v) is 12.3. The fraction of sp³-hybridized carbons (Fsp3) is 0.355. The number of benzene rings is 3. The first-order chi connectivity index (χ1) is 16.1. The topological polar surface area (TPSA) is 15.7 Å². The van der Waals surface area contributed by atoms with Crippen molar-refractivity contribution in [3.05, 3.63) is 88.4 Å². The van der Waals surface area contributed by atoms with E-state index in [4.69, 9.17) is 4.74 Å². The fourth-order valence-corrected chi connectivity index (χ4v) is 6.20. The molecular weight excluding hydrogens is 517 g/mol. The third-order valence-electron chi connectivity index (χ3n) is 8.96. The van der Waals surface area contributed by atoms with Gasteiger partial charge in [-0.2, -0.15) is 18.2 Å². The molecule has 0 aliphatic carbocycles. The molecule has 3 nitrogen and oxygen atoms in total. The van der Waals surface area contributed by atoms with E-state index in [1.165, 1.54) is 44.9 Å². The summed E-state index contributed by atoms with van der Waals surface area (Å²) in [5, 5.41) is 0. The molecule has 3 aliphatic heterocycles. The zero-order chi connectivity index (χ0) is 24.2. The molecule has 3 aliphatic rings. The molecule has 0 fully saturated rings. The number of hydrogen-bond acceptors (Lipinski definition) is 3. The van der Waals surface area contributed by atoms with Crippen molar-refractivity contribution in [1.82, 2.24) is 0 Å². The number of fused-ring (bicyclic) bond motifs is 8. The van der Waals surface area contributed by atoms with Gasteiger partial charge in [0.15, 0.2) is 0 Å². The van der Waals surface area contributed by atoms with Crippen molar-refractivity contribution in [3.8, 4) is 16.9 Å². The van der Waals surface area contributed by atoms with Gasteiger partial charge in [0.05, 0.1) is 5.70 Å². The molecule has 0 saturated heterocycles. The Morgan fingerprint density at radius 1 is 0.800 bits per heavy atom. The number of aryl methyl sites for hydroxylation is 2. The van der Waals surface area contributed by atoms with Gasteiger partial charge in [-0.05, 0) is 49.1 Å². The predicted molar refractivity (Wildman–Crippen MR) is 140 cm³/mol. The maximum absolute atomic E-state index is 6.92. The first-order valence-electron chi connectivity index (χ1n) is 12.3. The van der Waals surface area contributed by atoms with Gasteiger partial charge in [0, 0.05) is 16.5 Å². The molecule has 35 heavy (non-hydrogen) atoms. The summed E-state index contributed by atoms with van der Waals surface area (Å²) in [7, 11) is 0. The SMILES string of the molecule is Cc1ccc2c(c1C)N1C(=C3Oc4ccccc4-c4c[c-]cc(C)c4N3[C@H]1C)C(C)(C)C2(C)C.[Ru+]. The third kappa shape index (κ3) is 2.93. The van der Waals surface area contributed by atoms with Crippen LogP contribution in [0.2, 0.25) is 0 Å². The summed E-state index contributed by atoms with van der Waals surface area (Å²) in [6, 6.07) is 20.6. The normalized spacial score (nSPS) is 20.5. The Bertz CT molecular complexity index is 1400. The molecule has 3 aromatic rings. The van der Waals surface area contributed by atoms with E-state index in [0.29, 0.717) is 0 Å². The summed E-state index contributed by atoms with van der Waals surface area (Å²) in [6.07, 6.45) is 0.0776. The van der Waals surface area contributed by atoms with Crippen molar-refractivity contribution >= 4 is 11.4 Å². The largest absolute Gasteiger partial charge is 1.00 e. The van der Waals surface area contributed by atoms with Gasteiger partial charge >= 0.3 is 19.5 Å². The van der Waals surface area contributed by atoms with Crippen molar-refractivity contribution < 1.29 is 24.2 Å². The number of allylic oxidation sites excluding steroid dienone is 1. The van der Waals surface area contributed by atoms with E-state index in [-0.39, 0.29) is 36.5 Å². The summed E-state index contributed by atoms with van der Waals surface area (Å²) < 4.78 is 6.92. The smallest absolute Gasteiger partial charge is 0.439 e. The number of ether oxygens (including phenoxy) is 1. The van der Waals surface area contributed by atoms with Crippen molar-refractivity contribution in [1.29, 1.82) is 0 Å².